The lowest BCUT2D eigenvalue weighted by Gasteiger charge is -2.09. The van der Waals surface area contributed by atoms with Gasteiger partial charge < -0.3 is 14.8 Å². The molecule has 0 bridgehead atoms. The lowest BCUT2D eigenvalue weighted by molar-refractivity contribution is -0.383. The predicted octanol–water partition coefficient (Wildman–Crippen LogP) is 1.89. The van der Waals surface area contributed by atoms with Crippen LogP contribution >= 0.6 is 11.6 Å². The number of nitrogens with zero attached hydrogens (tertiary/aromatic N) is 1. The molecule has 0 radical (unpaired) electrons. The summed E-state index contributed by atoms with van der Waals surface area (Å²) in [6, 6.07) is 3.73. The van der Waals surface area contributed by atoms with Crippen LogP contribution in [0.4, 0.5) is 11.4 Å². The van der Waals surface area contributed by atoms with Crippen molar-refractivity contribution in [2.24, 2.45) is 0 Å². The van der Waals surface area contributed by atoms with Crippen molar-refractivity contribution < 1.29 is 24.0 Å². The van der Waals surface area contributed by atoms with Crippen LogP contribution in [0.1, 0.15) is 0 Å². The summed E-state index contributed by atoms with van der Waals surface area (Å²) in [4.78, 5) is 33.0. The molecule has 0 aliphatic heterocycles. The Morgan fingerprint density at radius 3 is 2.52 bits per heavy atom. The molecule has 0 unspecified atom stereocenters. The van der Waals surface area contributed by atoms with Crippen LogP contribution in [0.3, 0.4) is 0 Å². The van der Waals surface area contributed by atoms with Crippen LogP contribution in [-0.2, 0) is 19.1 Å². The highest BCUT2D eigenvalue weighted by Crippen LogP contribution is 2.28. The topological polar surface area (TPSA) is 108 Å². The number of ether oxygens (including phenoxy) is 2. The first-order valence-corrected chi connectivity index (χ1v) is 5.85. The molecule has 1 N–H and O–H groups in total. The van der Waals surface area contributed by atoms with Crippen LogP contribution < -0.4 is 5.32 Å². The number of hydrogen-bond donors (Lipinski definition) is 1. The van der Waals surface area contributed by atoms with Gasteiger partial charge in [-0.15, -0.1) is 0 Å². The Hall–Kier alpha value is -2.61. The molecule has 0 saturated heterocycles. The zero-order valence-corrected chi connectivity index (χ0v) is 11.8. The number of rotatable bonds is 5. The lowest BCUT2D eigenvalue weighted by atomic mass is 10.2. The van der Waals surface area contributed by atoms with Crippen LogP contribution in [0.15, 0.2) is 30.0 Å². The smallest absolute Gasteiger partial charge is 0.354 e. The Kier molecular flexibility index (Phi) is 5.67. The summed E-state index contributed by atoms with van der Waals surface area (Å²) in [5.74, 6) is -1.72. The summed E-state index contributed by atoms with van der Waals surface area (Å²) in [7, 11) is 2.22. The maximum absolute atomic E-state index is 11.6. The molecule has 21 heavy (non-hydrogen) atoms. The van der Waals surface area contributed by atoms with Gasteiger partial charge in [0.25, 0.3) is 5.69 Å². The second kappa shape index (κ2) is 7.25. The molecule has 1 aromatic rings. The number of methoxy groups -OCH3 is 2. The van der Waals surface area contributed by atoms with Crippen LogP contribution in [0.25, 0.3) is 0 Å². The Morgan fingerprint density at radius 1 is 1.33 bits per heavy atom. The van der Waals surface area contributed by atoms with Crippen molar-refractivity contribution in [3.8, 4) is 0 Å². The molecule has 112 valence electrons. The average Bonchev–Trinajstić information content (AvgIpc) is 2.45. The van der Waals surface area contributed by atoms with E-state index in [1.165, 1.54) is 12.1 Å². The second-order valence-corrected chi connectivity index (χ2v) is 4.05. The zero-order chi connectivity index (χ0) is 16.0. The molecule has 0 spiro atoms. The van der Waals surface area contributed by atoms with E-state index in [1.54, 1.807) is 0 Å². The van der Waals surface area contributed by atoms with Gasteiger partial charge in [0.05, 0.1) is 25.2 Å². The van der Waals surface area contributed by atoms with E-state index in [4.69, 9.17) is 11.6 Å². The number of nitro groups is 1. The Labute approximate surface area is 124 Å². The highest BCUT2D eigenvalue weighted by atomic mass is 35.5. The number of benzene rings is 1. The molecule has 0 heterocycles. The van der Waals surface area contributed by atoms with Crippen LogP contribution in [0.5, 0.6) is 0 Å². The summed E-state index contributed by atoms with van der Waals surface area (Å²) in [6.07, 6.45) is 0.816. The highest BCUT2D eigenvalue weighted by molar-refractivity contribution is 6.31. The first-order chi connectivity index (χ1) is 9.88. The Morgan fingerprint density at radius 2 is 2.00 bits per heavy atom. The van der Waals surface area contributed by atoms with Gasteiger partial charge in [-0.1, -0.05) is 11.6 Å². The summed E-state index contributed by atoms with van der Waals surface area (Å²) >= 11 is 5.76. The molecule has 0 aliphatic rings. The van der Waals surface area contributed by atoms with Gasteiger partial charge in [-0.2, -0.15) is 0 Å². The van der Waals surface area contributed by atoms with Crippen molar-refractivity contribution in [2.75, 3.05) is 19.5 Å². The van der Waals surface area contributed by atoms with Crippen LogP contribution in [0.2, 0.25) is 5.02 Å². The minimum Gasteiger partial charge on any atom is -0.466 e. The molecule has 1 rings (SSSR count). The highest BCUT2D eigenvalue weighted by Gasteiger charge is 2.19. The maximum Gasteiger partial charge on any atom is 0.354 e. The SMILES string of the molecule is COC(=O)/C=C(/Nc1cc(Cl)ccc1[N+](=O)[O-])C(=O)OC. The number of carbonyl (C=O) groups is 2. The van der Waals surface area contributed by atoms with Gasteiger partial charge >= 0.3 is 11.9 Å². The van der Waals surface area contributed by atoms with Crippen molar-refractivity contribution in [2.45, 2.75) is 0 Å². The van der Waals surface area contributed by atoms with Gasteiger partial charge in [-0.25, -0.2) is 9.59 Å². The summed E-state index contributed by atoms with van der Waals surface area (Å²) < 4.78 is 8.87. The number of carbonyl (C=O) groups excluding carboxylic acids is 2. The van der Waals surface area contributed by atoms with E-state index in [9.17, 15) is 19.7 Å². The van der Waals surface area contributed by atoms with Gasteiger partial charge in [0.15, 0.2) is 0 Å². The van der Waals surface area contributed by atoms with E-state index in [0.717, 1.165) is 26.4 Å². The molecule has 9 heteroatoms. The molecule has 0 amide bonds. The standard InChI is InChI=1S/C12H11ClN2O6/c1-20-11(16)6-9(12(17)21-2)14-8-5-7(13)3-4-10(8)15(18)19/h3-6,14H,1-2H3/b9-6+. The van der Waals surface area contributed by atoms with Crippen molar-refractivity contribution >= 4 is 34.9 Å². The fourth-order valence-electron chi connectivity index (χ4n) is 1.35. The Balaban J connectivity index is 3.23. The second-order valence-electron chi connectivity index (χ2n) is 3.62. The molecule has 1 aromatic carbocycles. The third kappa shape index (κ3) is 4.46. The largest absolute Gasteiger partial charge is 0.466 e. The van der Waals surface area contributed by atoms with E-state index in [-0.39, 0.29) is 22.1 Å². The van der Waals surface area contributed by atoms with Crippen molar-refractivity contribution in [3.63, 3.8) is 0 Å². The number of nitrogens with one attached hydrogen (secondary N) is 1. The first kappa shape index (κ1) is 16.4. The minimum absolute atomic E-state index is 0.0620. The molecular weight excluding hydrogens is 304 g/mol. The van der Waals surface area contributed by atoms with Crippen LogP contribution in [0, 0.1) is 10.1 Å². The van der Waals surface area contributed by atoms with Gasteiger partial charge in [-0.3, -0.25) is 10.1 Å². The number of hydrogen-bond acceptors (Lipinski definition) is 7. The third-order valence-electron chi connectivity index (χ3n) is 2.29. The zero-order valence-electron chi connectivity index (χ0n) is 11.1. The lowest BCUT2D eigenvalue weighted by Crippen LogP contribution is -2.16. The van der Waals surface area contributed by atoms with Crippen molar-refractivity contribution in [3.05, 3.63) is 45.1 Å². The molecule has 0 saturated carbocycles. The summed E-state index contributed by atoms with van der Waals surface area (Å²) in [5.41, 5.74) is -0.707. The normalized spacial score (nSPS) is 10.7. The maximum atomic E-state index is 11.6. The molecule has 0 atom stereocenters. The molecule has 0 aliphatic carbocycles. The molecule has 8 nitrogen and oxygen atoms in total. The molecule has 0 fully saturated rings. The van der Waals surface area contributed by atoms with E-state index >= 15 is 0 Å². The quantitative estimate of drug-likeness (QED) is 0.382. The summed E-state index contributed by atoms with van der Waals surface area (Å²) in [6.45, 7) is 0. The molecule has 0 aromatic heterocycles. The third-order valence-corrected chi connectivity index (χ3v) is 2.53. The predicted molar refractivity (Wildman–Crippen MR) is 73.8 cm³/mol. The minimum atomic E-state index is -0.894. The van der Waals surface area contributed by atoms with E-state index in [0.29, 0.717) is 0 Å². The monoisotopic (exact) mass is 314 g/mol. The Bertz CT molecular complexity index is 614. The van der Waals surface area contributed by atoms with E-state index < -0.39 is 16.9 Å². The molecular formula is C12H11ClN2O6. The fraction of sp³-hybridized carbons (Fsp3) is 0.167. The van der Waals surface area contributed by atoms with E-state index in [2.05, 4.69) is 14.8 Å². The number of esters is 2. The van der Waals surface area contributed by atoms with Gasteiger partial charge in [0, 0.05) is 11.1 Å². The average molecular weight is 315 g/mol. The van der Waals surface area contributed by atoms with Gasteiger partial charge in [0.1, 0.15) is 11.4 Å². The summed E-state index contributed by atoms with van der Waals surface area (Å²) in [5, 5.41) is 13.6. The number of anilines is 1. The number of nitro benzene ring substituents is 1. The van der Waals surface area contributed by atoms with Crippen molar-refractivity contribution in [1.29, 1.82) is 0 Å². The van der Waals surface area contributed by atoms with Gasteiger partial charge in [-0.05, 0) is 12.1 Å². The van der Waals surface area contributed by atoms with Crippen molar-refractivity contribution in [1.82, 2.24) is 0 Å². The van der Waals surface area contributed by atoms with Gasteiger partial charge in [0.2, 0.25) is 0 Å². The van der Waals surface area contributed by atoms with Crippen LogP contribution in [-0.4, -0.2) is 31.1 Å². The first-order valence-electron chi connectivity index (χ1n) is 5.48. The van der Waals surface area contributed by atoms with E-state index in [1.807, 2.05) is 0 Å². The fourth-order valence-corrected chi connectivity index (χ4v) is 1.52. The number of halogens is 1.